The van der Waals surface area contributed by atoms with Gasteiger partial charge in [-0.05, 0) is 68.4 Å². The Kier molecular flexibility index (Phi) is 7.57. The van der Waals surface area contributed by atoms with Crippen LogP contribution in [-0.2, 0) is 32.1 Å². The summed E-state index contributed by atoms with van der Waals surface area (Å²) in [6.45, 7) is 7.46. The molecular formula is C28H36ClN3O7. The van der Waals surface area contributed by atoms with Crippen LogP contribution in [0, 0.1) is 29.1 Å². The Hall–Kier alpha value is -2.66. The van der Waals surface area contributed by atoms with Crippen LogP contribution in [0.3, 0.4) is 0 Å². The first-order valence-corrected chi connectivity index (χ1v) is 13.5. The van der Waals surface area contributed by atoms with Gasteiger partial charge in [0.05, 0.1) is 17.5 Å². The summed E-state index contributed by atoms with van der Waals surface area (Å²) >= 11 is 6.74. The van der Waals surface area contributed by atoms with Crippen LogP contribution in [0.4, 0.5) is 0 Å². The first-order valence-electron chi connectivity index (χ1n) is 13.1. The number of rotatable bonds is 6. The first kappa shape index (κ1) is 29.3. The lowest BCUT2D eigenvalue weighted by Gasteiger charge is -2.52. The number of halogens is 1. The number of hydrogen-bond donors (Lipinski definition) is 4. The first-order chi connectivity index (χ1) is 18.0. The van der Waals surface area contributed by atoms with Gasteiger partial charge in [0.2, 0.25) is 5.91 Å². The van der Waals surface area contributed by atoms with Crippen LogP contribution >= 0.6 is 11.6 Å². The van der Waals surface area contributed by atoms with E-state index in [1.807, 2.05) is 0 Å². The Labute approximate surface area is 232 Å². The lowest BCUT2D eigenvalue weighted by atomic mass is 9.52. The average Bonchev–Trinajstić information content (AvgIpc) is 2.80. The molecule has 0 spiro atoms. The number of nitrogens with two attached hydrogens (primary N) is 1. The number of carbonyl (C=O) groups excluding carboxylic acids is 5. The van der Waals surface area contributed by atoms with Crippen molar-refractivity contribution in [3.63, 3.8) is 0 Å². The summed E-state index contributed by atoms with van der Waals surface area (Å²) in [5.41, 5.74) is 3.62. The standard InChI is InChI=1S/C28H36ClN3O7/c1-27(2,3)6-7-31-11-13-10-16(33)18-14(20(13)29)8-12-9-15-21(32(4)5)23(35)19(26(30)38)25(37)28(15,39)24(36)17(12)22(18)34/h10,12,15,17,19,21,31,33,39H,6-9,11H2,1-5H3,(H2,30,38)/t12-,15-,17?,19?,21-,28-/m0/s1. The fraction of sp³-hybridized carbons (Fsp3) is 0.607. The van der Waals surface area contributed by atoms with Gasteiger partial charge in [-0.2, -0.15) is 0 Å². The molecule has 2 unspecified atom stereocenters. The maximum atomic E-state index is 13.8. The van der Waals surface area contributed by atoms with Crippen molar-refractivity contribution in [3.8, 4) is 5.75 Å². The van der Waals surface area contributed by atoms with Gasteiger partial charge >= 0.3 is 0 Å². The van der Waals surface area contributed by atoms with E-state index in [-0.39, 0.29) is 29.6 Å². The summed E-state index contributed by atoms with van der Waals surface area (Å²) in [5.74, 6) is -10.8. The number of nitrogens with one attached hydrogen (secondary N) is 1. The van der Waals surface area contributed by atoms with Crippen molar-refractivity contribution in [1.82, 2.24) is 10.2 Å². The Morgan fingerprint density at radius 1 is 1.21 bits per heavy atom. The number of aromatic hydroxyl groups is 1. The highest BCUT2D eigenvalue weighted by atomic mass is 35.5. The van der Waals surface area contributed by atoms with Crippen molar-refractivity contribution in [1.29, 1.82) is 0 Å². The van der Waals surface area contributed by atoms with E-state index in [0.717, 1.165) is 13.0 Å². The molecule has 0 saturated heterocycles. The molecular weight excluding hydrogens is 526 g/mol. The topological polar surface area (TPSA) is 167 Å². The van der Waals surface area contributed by atoms with E-state index in [9.17, 15) is 34.2 Å². The zero-order chi connectivity index (χ0) is 29.2. The zero-order valence-corrected chi connectivity index (χ0v) is 23.6. The molecule has 10 nitrogen and oxygen atoms in total. The Morgan fingerprint density at radius 2 is 1.85 bits per heavy atom. The normalized spacial score (nSPS) is 30.7. The SMILES string of the molecule is CN(C)[C@@H]1C(=O)C(C(N)=O)C(=O)[C@@]2(O)C(=O)C3C(=O)c4c(O)cc(CNCCC(C)(C)C)c(Cl)c4C[C@H]3C[C@@H]12. The molecule has 1 aromatic rings. The summed E-state index contributed by atoms with van der Waals surface area (Å²) in [6.07, 6.45) is 1.03. The fourth-order valence-corrected chi connectivity index (χ4v) is 6.82. The number of carbonyl (C=O) groups is 5. The van der Waals surface area contributed by atoms with E-state index in [4.69, 9.17) is 17.3 Å². The number of phenols is 1. The minimum absolute atomic E-state index is 0.0188. The molecule has 11 heteroatoms. The number of fused-ring (bicyclic) bond motifs is 3. The highest BCUT2D eigenvalue weighted by Gasteiger charge is 2.69. The van der Waals surface area contributed by atoms with Crippen LogP contribution in [0.2, 0.25) is 5.02 Å². The Morgan fingerprint density at radius 3 is 2.41 bits per heavy atom. The largest absolute Gasteiger partial charge is 0.507 e. The van der Waals surface area contributed by atoms with E-state index in [1.54, 1.807) is 14.1 Å². The van der Waals surface area contributed by atoms with Gasteiger partial charge in [0.15, 0.2) is 34.7 Å². The molecule has 0 bridgehead atoms. The molecule has 5 N–H and O–H groups in total. The van der Waals surface area contributed by atoms with Crippen molar-refractivity contribution >= 4 is 40.6 Å². The van der Waals surface area contributed by atoms with E-state index < -0.39 is 64.4 Å². The fourth-order valence-electron chi connectivity index (χ4n) is 6.52. The molecule has 1 aromatic carbocycles. The van der Waals surface area contributed by atoms with Crippen LogP contribution in [0.25, 0.3) is 0 Å². The third-order valence-electron chi connectivity index (χ3n) is 8.44. The quantitative estimate of drug-likeness (QED) is 0.293. The van der Waals surface area contributed by atoms with Gasteiger partial charge in [0, 0.05) is 17.5 Å². The maximum Gasteiger partial charge on any atom is 0.235 e. The number of benzene rings is 1. The molecule has 39 heavy (non-hydrogen) atoms. The summed E-state index contributed by atoms with van der Waals surface area (Å²) in [4.78, 5) is 67.5. The Bertz CT molecular complexity index is 1270. The number of amides is 1. The smallest absolute Gasteiger partial charge is 0.235 e. The molecule has 3 aliphatic rings. The van der Waals surface area contributed by atoms with Crippen LogP contribution in [0.5, 0.6) is 5.75 Å². The van der Waals surface area contributed by atoms with Gasteiger partial charge < -0.3 is 21.3 Å². The number of hydrogen-bond acceptors (Lipinski definition) is 9. The molecule has 212 valence electrons. The third-order valence-corrected chi connectivity index (χ3v) is 8.91. The second kappa shape index (κ2) is 10.1. The van der Waals surface area contributed by atoms with Gasteiger partial charge in [-0.15, -0.1) is 0 Å². The van der Waals surface area contributed by atoms with Gasteiger partial charge in [-0.1, -0.05) is 32.4 Å². The summed E-state index contributed by atoms with van der Waals surface area (Å²) in [6, 6.07) is 0.248. The monoisotopic (exact) mass is 561 g/mol. The Balaban J connectivity index is 1.73. The molecule has 0 radical (unpaired) electrons. The molecule has 0 aromatic heterocycles. The lowest BCUT2D eigenvalue weighted by Crippen LogP contribution is -2.74. The highest BCUT2D eigenvalue weighted by Crippen LogP contribution is 2.51. The number of likely N-dealkylation sites (N-methyl/N-ethyl adjacent to an activating group) is 1. The molecule has 0 aliphatic heterocycles. The average molecular weight is 562 g/mol. The molecule has 0 heterocycles. The molecule has 1 amide bonds. The number of ketones is 4. The number of Topliss-reactive ketones (excluding diaryl/α,β-unsaturated/α-hetero) is 4. The predicted octanol–water partition coefficient (Wildman–Crippen LogP) is 1.05. The number of nitrogens with zero attached hydrogens (tertiary/aromatic N) is 1. The molecule has 2 fully saturated rings. The van der Waals surface area contributed by atoms with Crippen LogP contribution in [-0.4, -0.2) is 76.4 Å². The van der Waals surface area contributed by atoms with E-state index in [2.05, 4.69) is 26.1 Å². The summed E-state index contributed by atoms with van der Waals surface area (Å²) in [5, 5.41) is 26.1. The van der Waals surface area contributed by atoms with Gasteiger partial charge in [0.25, 0.3) is 0 Å². The van der Waals surface area contributed by atoms with Crippen molar-refractivity contribution in [3.05, 3.63) is 27.8 Å². The predicted molar refractivity (Wildman–Crippen MR) is 142 cm³/mol. The maximum absolute atomic E-state index is 13.8. The van der Waals surface area contributed by atoms with Crippen LogP contribution in [0.1, 0.15) is 55.1 Å². The minimum atomic E-state index is -2.74. The van der Waals surface area contributed by atoms with Gasteiger partial charge in [0.1, 0.15) is 5.75 Å². The van der Waals surface area contributed by atoms with Crippen molar-refractivity contribution in [2.75, 3.05) is 20.6 Å². The van der Waals surface area contributed by atoms with Crippen molar-refractivity contribution in [2.24, 2.45) is 34.8 Å². The molecule has 3 aliphatic carbocycles. The number of aliphatic hydroxyl groups is 1. The van der Waals surface area contributed by atoms with Crippen LogP contribution in [0.15, 0.2) is 6.07 Å². The highest BCUT2D eigenvalue weighted by molar-refractivity contribution is 6.34. The lowest BCUT2D eigenvalue weighted by molar-refractivity contribution is -0.181. The number of phenolic OH excluding ortho intramolecular Hbond substituents is 1. The molecule has 2 saturated carbocycles. The molecule has 4 rings (SSSR count). The summed E-state index contributed by atoms with van der Waals surface area (Å²) in [7, 11) is 3.09. The van der Waals surface area contributed by atoms with Crippen molar-refractivity contribution in [2.45, 2.75) is 58.2 Å². The second-order valence-corrected chi connectivity index (χ2v) is 12.9. The zero-order valence-electron chi connectivity index (χ0n) is 22.8. The minimum Gasteiger partial charge on any atom is -0.507 e. The van der Waals surface area contributed by atoms with E-state index in [1.165, 1.54) is 11.0 Å². The summed E-state index contributed by atoms with van der Waals surface area (Å²) < 4.78 is 0. The van der Waals surface area contributed by atoms with Gasteiger partial charge in [-0.25, -0.2) is 0 Å². The molecule has 6 atom stereocenters. The van der Waals surface area contributed by atoms with Crippen LogP contribution < -0.4 is 11.1 Å². The van der Waals surface area contributed by atoms with E-state index >= 15 is 0 Å². The van der Waals surface area contributed by atoms with Crippen molar-refractivity contribution < 1.29 is 34.2 Å². The van der Waals surface area contributed by atoms with E-state index in [0.29, 0.717) is 22.7 Å². The number of primary amides is 1. The van der Waals surface area contributed by atoms with Gasteiger partial charge in [-0.3, -0.25) is 28.9 Å². The third kappa shape index (κ3) is 4.71. The second-order valence-electron chi connectivity index (χ2n) is 12.5.